The number of hydrogen-bond donors (Lipinski definition) is 2. The minimum atomic E-state index is -1.09. The Bertz CT molecular complexity index is 679. The normalized spacial score (nSPS) is 16.1. The Morgan fingerprint density at radius 3 is 2.41 bits per heavy atom. The molecular formula is C13H10Br2N2O5. The molecule has 0 spiro atoms. The van der Waals surface area contributed by atoms with Crippen LogP contribution in [-0.2, 0) is 9.59 Å². The Balaban J connectivity index is 2.29. The number of carbonyl (C=O) groups excluding carboxylic acids is 2. The lowest BCUT2D eigenvalue weighted by Gasteiger charge is -2.09. The number of carboxylic acid groups (broad SMARTS) is 1. The molecule has 0 atom stereocenters. The molecule has 0 radical (unpaired) electrons. The monoisotopic (exact) mass is 432 g/mol. The number of benzene rings is 1. The summed E-state index contributed by atoms with van der Waals surface area (Å²) in [6.07, 6.45) is 1.51. The van der Waals surface area contributed by atoms with Crippen molar-refractivity contribution in [2.75, 3.05) is 13.7 Å². The third-order valence-electron chi connectivity index (χ3n) is 2.75. The molecule has 3 amide bonds. The molecule has 0 aromatic heterocycles. The Labute approximate surface area is 142 Å². The van der Waals surface area contributed by atoms with E-state index in [1.807, 2.05) is 0 Å². The van der Waals surface area contributed by atoms with Crippen molar-refractivity contribution >= 4 is 55.8 Å². The van der Waals surface area contributed by atoms with E-state index in [-0.39, 0.29) is 5.70 Å². The van der Waals surface area contributed by atoms with Crippen LogP contribution in [0.15, 0.2) is 26.8 Å². The van der Waals surface area contributed by atoms with Crippen LogP contribution in [0.25, 0.3) is 6.08 Å². The minimum absolute atomic E-state index is 0.158. The standard InChI is InChI=1S/C13H10Br2N2O5/c1-17-12(20)9(16-13(17)21)4-6-2-7(14)11(8(15)3-6)22-5-10(18)19/h2-4H,5H2,1H3,(H,16,21)(H,18,19)/b9-4+. The number of aliphatic carboxylic acids is 1. The van der Waals surface area contributed by atoms with Crippen LogP contribution in [0.2, 0.25) is 0 Å². The van der Waals surface area contributed by atoms with Crippen molar-refractivity contribution in [1.82, 2.24) is 10.2 Å². The smallest absolute Gasteiger partial charge is 0.341 e. The van der Waals surface area contributed by atoms with Gasteiger partial charge in [-0.3, -0.25) is 9.69 Å². The van der Waals surface area contributed by atoms with E-state index in [2.05, 4.69) is 37.2 Å². The average molecular weight is 434 g/mol. The lowest BCUT2D eigenvalue weighted by molar-refractivity contribution is -0.139. The molecule has 0 bridgehead atoms. The number of rotatable bonds is 4. The third-order valence-corrected chi connectivity index (χ3v) is 3.93. The van der Waals surface area contributed by atoms with Crippen LogP contribution in [0.3, 0.4) is 0 Å². The van der Waals surface area contributed by atoms with E-state index in [4.69, 9.17) is 9.84 Å². The van der Waals surface area contributed by atoms with Gasteiger partial charge in [-0.05, 0) is 55.6 Å². The molecule has 7 nitrogen and oxygen atoms in total. The number of halogens is 2. The largest absolute Gasteiger partial charge is 0.480 e. The van der Waals surface area contributed by atoms with Crippen LogP contribution in [-0.4, -0.2) is 41.6 Å². The van der Waals surface area contributed by atoms with Gasteiger partial charge in [0.05, 0.1) is 8.95 Å². The van der Waals surface area contributed by atoms with Crippen LogP contribution in [0, 0.1) is 0 Å². The van der Waals surface area contributed by atoms with Gasteiger partial charge in [-0.15, -0.1) is 0 Å². The van der Waals surface area contributed by atoms with Gasteiger partial charge in [0.2, 0.25) is 0 Å². The summed E-state index contributed by atoms with van der Waals surface area (Å²) in [5.74, 6) is -1.18. The van der Waals surface area contributed by atoms with Crippen molar-refractivity contribution < 1.29 is 24.2 Å². The molecule has 0 saturated carbocycles. The van der Waals surface area contributed by atoms with Crippen molar-refractivity contribution in [2.45, 2.75) is 0 Å². The average Bonchev–Trinajstić information content (AvgIpc) is 2.65. The van der Waals surface area contributed by atoms with E-state index >= 15 is 0 Å². The van der Waals surface area contributed by atoms with Crippen LogP contribution < -0.4 is 10.1 Å². The zero-order chi connectivity index (χ0) is 16.4. The molecule has 0 aliphatic carbocycles. The fourth-order valence-corrected chi connectivity index (χ4v) is 3.18. The summed E-state index contributed by atoms with van der Waals surface area (Å²) in [7, 11) is 1.38. The van der Waals surface area contributed by atoms with Gasteiger partial charge in [0.1, 0.15) is 11.4 Å². The number of carboxylic acids is 1. The Hall–Kier alpha value is -1.87. The van der Waals surface area contributed by atoms with Crippen LogP contribution in [0.1, 0.15) is 5.56 Å². The second-order valence-corrected chi connectivity index (χ2v) is 6.06. The highest BCUT2D eigenvalue weighted by molar-refractivity contribution is 9.11. The summed E-state index contributed by atoms with van der Waals surface area (Å²) >= 11 is 6.55. The van der Waals surface area contributed by atoms with Gasteiger partial charge in [-0.1, -0.05) is 0 Å². The number of imide groups is 1. The van der Waals surface area contributed by atoms with Gasteiger partial charge >= 0.3 is 12.0 Å². The molecule has 1 aromatic rings. The second kappa shape index (κ2) is 6.49. The SMILES string of the molecule is CN1C(=O)N/C(=C/c2cc(Br)c(OCC(=O)O)c(Br)c2)C1=O. The molecule has 9 heteroatoms. The van der Waals surface area contributed by atoms with E-state index in [0.717, 1.165) is 4.90 Å². The van der Waals surface area contributed by atoms with E-state index < -0.39 is 24.5 Å². The van der Waals surface area contributed by atoms with Gasteiger partial charge in [-0.25, -0.2) is 9.59 Å². The molecule has 116 valence electrons. The number of amides is 3. The van der Waals surface area contributed by atoms with E-state index in [0.29, 0.717) is 20.3 Å². The topological polar surface area (TPSA) is 95.9 Å². The minimum Gasteiger partial charge on any atom is -0.480 e. The molecular weight excluding hydrogens is 424 g/mol. The first-order valence-electron chi connectivity index (χ1n) is 5.94. The van der Waals surface area contributed by atoms with Crippen molar-refractivity contribution in [2.24, 2.45) is 0 Å². The highest BCUT2D eigenvalue weighted by Crippen LogP contribution is 2.35. The van der Waals surface area contributed by atoms with Gasteiger partial charge < -0.3 is 15.2 Å². The molecule has 1 fully saturated rings. The van der Waals surface area contributed by atoms with E-state index in [1.165, 1.54) is 13.1 Å². The van der Waals surface area contributed by atoms with Crippen molar-refractivity contribution in [3.63, 3.8) is 0 Å². The van der Waals surface area contributed by atoms with Crippen LogP contribution in [0.5, 0.6) is 5.75 Å². The molecule has 0 unspecified atom stereocenters. The third kappa shape index (κ3) is 3.47. The van der Waals surface area contributed by atoms with Crippen LogP contribution >= 0.6 is 31.9 Å². The van der Waals surface area contributed by atoms with E-state index in [1.54, 1.807) is 12.1 Å². The molecule has 1 saturated heterocycles. The fraction of sp³-hybridized carbons (Fsp3) is 0.154. The first kappa shape index (κ1) is 16.5. The Morgan fingerprint density at radius 2 is 1.95 bits per heavy atom. The summed E-state index contributed by atoms with van der Waals surface area (Å²) in [5.41, 5.74) is 0.783. The Kier molecular flexibility index (Phi) is 4.87. The maximum atomic E-state index is 11.8. The molecule has 1 heterocycles. The lowest BCUT2D eigenvalue weighted by atomic mass is 10.2. The quantitative estimate of drug-likeness (QED) is 0.560. The zero-order valence-corrected chi connectivity index (χ0v) is 14.4. The number of carbonyl (C=O) groups is 3. The number of nitrogens with zero attached hydrogens (tertiary/aromatic N) is 1. The molecule has 1 aromatic carbocycles. The number of hydrogen-bond acceptors (Lipinski definition) is 4. The van der Waals surface area contributed by atoms with Gasteiger partial charge in [0.25, 0.3) is 5.91 Å². The first-order valence-corrected chi connectivity index (χ1v) is 7.52. The van der Waals surface area contributed by atoms with E-state index in [9.17, 15) is 14.4 Å². The van der Waals surface area contributed by atoms with Crippen molar-refractivity contribution in [3.8, 4) is 5.75 Å². The number of likely N-dealkylation sites (N-methyl/N-ethyl adjacent to an activating group) is 1. The zero-order valence-electron chi connectivity index (χ0n) is 11.2. The fourth-order valence-electron chi connectivity index (χ4n) is 1.72. The molecule has 2 N–H and O–H groups in total. The lowest BCUT2D eigenvalue weighted by Crippen LogP contribution is -2.25. The predicted molar refractivity (Wildman–Crippen MR) is 84.3 cm³/mol. The second-order valence-electron chi connectivity index (χ2n) is 4.35. The highest BCUT2D eigenvalue weighted by atomic mass is 79.9. The maximum absolute atomic E-state index is 11.8. The maximum Gasteiger partial charge on any atom is 0.341 e. The van der Waals surface area contributed by atoms with Gasteiger partial charge in [0, 0.05) is 7.05 Å². The molecule has 1 aliphatic rings. The molecule has 1 aliphatic heterocycles. The van der Waals surface area contributed by atoms with Crippen LogP contribution in [0.4, 0.5) is 4.79 Å². The number of urea groups is 1. The summed E-state index contributed by atoms with van der Waals surface area (Å²) in [4.78, 5) is 34.7. The van der Waals surface area contributed by atoms with Gasteiger partial charge in [-0.2, -0.15) is 0 Å². The predicted octanol–water partition coefficient (Wildman–Crippen LogP) is 2.20. The summed E-state index contributed by atoms with van der Waals surface area (Å²) in [6.45, 7) is -0.475. The Morgan fingerprint density at radius 1 is 1.36 bits per heavy atom. The first-order chi connectivity index (χ1) is 10.3. The highest BCUT2D eigenvalue weighted by Gasteiger charge is 2.30. The van der Waals surface area contributed by atoms with Crippen molar-refractivity contribution in [1.29, 1.82) is 0 Å². The number of nitrogens with one attached hydrogen (secondary N) is 1. The molecule has 2 rings (SSSR count). The molecule has 22 heavy (non-hydrogen) atoms. The summed E-state index contributed by atoms with van der Waals surface area (Å²) in [6, 6.07) is 2.80. The number of ether oxygens (including phenoxy) is 1. The summed E-state index contributed by atoms with van der Waals surface area (Å²) < 4.78 is 6.18. The van der Waals surface area contributed by atoms with Crippen molar-refractivity contribution in [3.05, 3.63) is 32.3 Å². The summed E-state index contributed by atoms with van der Waals surface area (Å²) in [5, 5.41) is 11.1. The van der Waals surface area contributed by atoms with Gasteiger partial charge in [0.15, 0.2) is 6.61 Å².